The maximum absolute atomic E-state index is 10.6. The predicted octanol–water partition coefficient (Wildman–Crippen LogP) is 5.76. The molecule has 3 aromatic carbocycles. The Morgan fingerprint density at radius 3 is 2.20 bits per heavy atom. The molecular formula is C28H30N2. The molecule has 1 saturated heterocycles. The molecule has 2 heteroatoms. The molecule has 4 rings (SSSR count). The Kier molecular flexibility index (Phi) is 6.31. The molecule has 1 heterocycles. The SMILES string of the molecule is Cc1cccc(CCN2CCC[C@H](C(C#N)(c3ccccc3)c3ccccc3)C2)c1. The molecule has 1 atom stereocenters. The molecule has 0 aliphatic carbocycles. The Labute approximate surface area is 180 Å². The fourth-order valence-electron chi connectivity index (χ4n) is 5.03. The van der Waals surface area contributed by atoms with E-state index in [-0.39, 0.29) is 5.92 Å². The van der Waals surface area contributed by atoms with E-state index in [0.29, 0.717) is 0 Å². The van der Waals surface area contributed by atoms with Gasteiger partial charge in [-0.3, -0.25) is 0 Å². The topological polar surface area (TPSA) is 27.0 Å². The molecule has 0 unspecified atom stereocenters. The lowest BCUT2D eigenvalue weighted by Gasteiger charge is -2.42. The largest absolute Gasteiger partial charge is 0.303 e. The number of nitrogens with zero attached hydrogens (tertiary/aromatic N) is 2. The second-order valence-electron chi connectivity index (χ2n) is 8.53. The van der Waals surface area contributed by atoms with Crippen LogP contribution >= 0.6 is 0 Å². The normalized spacial score (nSPS) is 17.4. The Hall–Kier alpha value is -2.89. The van der Waals surface area contributed by atoms with Crippen molar-refractivity contribution in [2.45, 2.75) is 31.6 Å². The van der Waals surface area contributed by atoms with Gasteiger partial charge in [0.25, 0.3) is 0 Å². The first kappa shape index (κ1) is 20.4. The standard InChI is InChI=1S/C28H30N2/c1-23-10-8-11-24(20-23)17-19-30-18-9-16-27(21-30)28(22-29,25-12-4-2-5-13-25)26-14-6-3-7-15-26/h2-8,10-15,20,27H,9,16-19,21H2,1H3/t27-/m0/s1. The number of nitriles is 1. The van der Waals surface area contributed by atoms with E-state index >= 15 is 0 Å². The number of hydrogen-bond donors (Lipinski definition) is 0. The van der Waals surface area contributed by atoms with Crippen molar-refractivity contribution in [2.24, 2.45) is 5.92 Å². The van der Waals surface area contributed by atoms with Gasteiger partial charge in [-0.2, -0.15) is 5.26 Å². The van der Waals surface area contributed by atoms with Crippen LogP contribution in [0.3, 0.4) is 0 Å². The summed E-state index contributed by atoms with van der Waals surface area (Å²) in [5.74, 6) is 0.276. The molecular weight excluding hydrogens is 364 g/mol. The zero-order valence-corrected chi connectivity index (χ0v) is 17.8. The Bertz CT molecular complexity index is 948. The highest BCUT2D eigenvalue weighted by molar-refractivity contribution is 5.47. The second-order valence-corrected chi connectivity index (χ2v) is 8.53. The van der Waals surface area contributed by atoms with Crippen molar-refractivity contribution in [1.29, 1.82) is 5.26 Å². The van der Waals surface area contributed by atoms with Gasteiger partial charge in [0.1, 0.15) is 5.41 Å². The van der Waals surface area contributed by atoms with Crippen LogP contribution in [0.4, 0.5) is 0 Å². The minimum absolute atomic E-state index is 0.276. The highest BCUT2D eigenvalue weighted by Gasteiger charge is 2.44. The van der Waals surface area contributed by atoms with E-state index in [0.717, 1.165) is 50.0 Å². The van der Waals surface area contributed by atoms with Crippen LogP contribution in [-0.2, 0) is 11.8 Å². The summed E-state index contributed by atoms with van der Waals surface area (Å²) in [6.45, 7) is 5.28. The van der Waals surface area contributed by atoms with Gasteiger partial charge in [-0.1, -0.05) is 90.5 Å². The third kappa shape index (κ3) is 4.18. The molecule has 0 saturated carbocycles. The third-order valence-corrected chi connectivity index (χ3v) is 6.55. The average molecular weight is 395 g/mol. The number of piperidine rings is 1. The summed E-state index contributed by atoms with van der Waals surface area (Å²) in [7, 11) is 0. The lowest BCUT2D eigenvalue weighted by Crippen LogP contribution is -2.46. The number of hydrogen-bond acceptors (Lipinski definition) is 2. The van der Waals surface area contributed by atoms with Gasteiger partial charge in [-0.25, -0.2) is 0 Å². The number of likely N-dealkylation sites (tertiary alicyclic amines) is 1. The van der Waals surface area contributed by atoms with Gasteiger partial charge in [-0.15, -0.1) is 0 Å². The Morgan fingerprint density at radius 1 is 0.933 bits per heavy atom. The average Bonchev–Trinajstić information content (AvgIpc) is 2.81. The van der Waals surface area contributed by atoms with Gasteiger partial charge in [0.05, 0.1) is 6.07 Å². The quantitative estimate of drug-likeness (QED) is 0.531. The van der Waals surface area contributed by atoms with Crippen molar-refractivity contribution in [1.82, 2.24) is 4.90 Å². The zero-order valence-electron chi connectivity index (χ0n) is 17.8. The van der Waals surface area contributed by atoms with Gasteiger partial charge >= 0.3 is 0 Å². The molecule has 0 aromatic heterocycles. The first-order valence-electron chi connectivity index (χ1n) is 11.0. The first-order valence-corrected chi connectivity index (χ1v) is 11.0. The minimum Gasteiger partial charge on any atom is -0.303 e. The van der Waals surface area contributed by atoms with E-state index in [9.17, 15) is 5.26 Å². The van der Waals surface area contributed by atoms with Gasteiger partial charge in [-0.05, 0) is 55.3 Å². The summed E-state index contributed by atoms with van der Waals surface area (Å²) >= 11 is 0. The second kappa shape index (κ2) is 9.28. The number of benzene rings is 3. The van der Waals surface area contributed by atoms with Crippen molar-refractivity contribution in [3.8, 4) is 6.07 Å². The van der Waals surface area contributed by atoms with Crippen LogP contribution in [0.1, 0.15) is 35.1 Å². The Morgan fingerprint density at radius 2 is 1.60 bits per heavy atom. The predicted molar refractivity (Wildman–Crippen MR) is 123 cm³/mol. The molecule has 1 fully saturated rings. The van der Waals surface area contributed by atoms with Crippen LogP contribution in [0, 0.1) is 24.2 Å². The summed E-state index contributed by atoms with van der Waals surface area (Å²) in [6.07, 6.45) is 3.28. The van der Waals surface area contributed by atoms with Crippen molar-refractivity contribution in [2.75, 3.05) is 19.6 Å². The van der Waals surface area contributed by atoms with Gasteiger partial charge < -0.3 is 4.90 Å². The molecule has 3 aromatic rings. The molecule has 30 heavy (non-hydrogen) atoms. The van der Waals surface area contributed by atoms with Gasteiger partial charge in [0.2, 0.25) is 0 Å². The van der Waals surface area contributed by atoms with E-state index < -0.39 is 5.41 Å². The van der Waals surface area contributed by atoms with Crippen molar-refractivity contribution in [3.05, 3.63) is 107 Å². The van der Waals surface area contributed by atoms with E-state index in [2.05, 4.69) is 90.7 Å². The lowest BCUT2D eigenvalue weighted by atomic mass is 9.64. The maximum atomic E-state index is 10.6. The first-order chi connectivity index (χ1) is 14.7. The molecule has 0 amide bonds. The van der Waals surface area contributed by atoms with Gasteiger partial charge in [0, 0.05) is 13.1 Å². The summed E-state index contributed by atoms with van der Waals surface area (Å²) in [4.78, 5) is 2.56. The minimum atomic E-state index is -0.607. The maximum Gasteiger partial charge on any atom is 0.111 e. The summed E-state index contributed by atoms with van der Waals surface area (Å²) in [5.41, 5.74) is 4.34. The summed E-state index contributed by atoms with van der Waals surface area (Å²) in [6, 6.07) is 32.4. The molecule has 1 aliphatic heterocycles. The van der Waals surface area contributed by atoms with Crippen LogP contribution in [0.15, 0.2) is 84.9 Å². The van der Waals surface area contributed by atoms with Crippen LogP contribution in [0.5, 0.6) is 0 Å². The monoisotopic (exact) mass is 394 g/mol. The number of aryl methyl sites for hydroxylation is 1. The van der Waals surface area contributed by atoms with Crippen LogP contribution in [0.25, 0.3) is 0 Å². The van der Waals surface area contributed by atoms with E-state index in [4.69, 9.17) is 0 Å². The zero-order chi connectivity index (χ0) is 20.8. The van der Waals surface area contributed by atoms with Crippen molar-refractivity contribution in [3.63, 3.8) is 0 Å². The highest BCUT2D eigenvalue weighted by atomic mass is 15.1. The van der Waals surface area contributed by atoms with Crippen LogP contribution in [0.2, 0.25) is 0 Å². The molecule has 0 N–H and O–H groups in total. The van der Waals surface area contributed by atoms with E-state index in [1.54, 1.807) is 0 Å². The fraction of sp³-hybridized carbons (Fsp3) is 0.321. The van der Waals surface area contributed by atoms with Gasteiger partial charge in [0.15, 0.2) is 0 Å². The van der Waals surface area contributed by atoms with E-state index in [1.165, 1.54) is 11.1 Å². The number of rotatable bonds is 6. The Balaban J connectivity index is 1.60. The fourth-order valence-corrected chi connectivity index (χ4v) is 5.03. The third-order valence-electron chi connectivity index (χ3n) is 6.55. The van der Waals surface area contributed by atoms with Crippen molar-refractivity contribution >= 4 is 0 Å². The highest BCUT2D eigenvalue weighted by Crippen LogP contribution is 2.42. The molecule has 152 valence electrons. The van der Waals surface area contributed by atoms with Crippen LogP contribution < -0.4 is 0 Å². The van der Waals surface area contributed by atoms with E-state index in [1.807, 2.05) is 12.1 Å². The molecule has 0 spiro atoms. The summed E-state index contributed by atoms with van der Waals surface area (Å²) < 4.78 is 0. The molecule has 0 radical (unpaired) electrons. The summed E-state index contributed by atoms with van der Waals surface area (Å²) in [5, 5.41) is 10.6. The molecule has 1 aliphatic rings. The van der Waals surface area contributed by atoms with Crippen molar-refractivity contribution < 1.29 is 0 Å². The lowest BCUT2D eigenvalue weighted by molar-refractivity contribution is 0.148. The molecule has 2 nitrogen and oxygen atoms in total. The molecule has 0 bridgehead atoms. The van der Waals surface area contributed by atoms with Crippen LogP contribution in [-0.4, -0.2) is 24.5 Å². The smallest absolute Gasteiger partial charge is 0.111 e.